The van der Waals surface area contributed by atoms with Gasteiger partial charge in [0.25, 0.3) is 0 Å². The molecular weight excluding hydrogens is 460 g/mol. The van der Waals surface area contributed by atoms with E-state index in [4.69, 9.17) is 9.97 Å². The lowest BCUT2D eigenvalue weighted by molar-refractivity contribution is -0.113. The largest absolute Gasteiger partial charge is 0.341 e. The highest BCUT2D eigenvalue weighted by Gasteiger charge is 2.21. The minimum Gasteiger partial charge on any atom is -0.341 e. The number of para-hydroxylation sites is 1. The standard InChI is InChI=1S/C27H26N4OS2/c1-3-31-21-10-6-4-8-18(21)20-14-17(12-13-22(20)31)30-24(32)15-33-26-25-19-9-5-7-11-23(19)34-27(25)29-16(2)28-26/h4,6,8,10,12-14H,3,5,7,9,11,15H2,1-2H3,(H,30,32). The number of thioether (sulfide) groups is 1. The van der Waals surface area contributed by atoms with Gasteiger partial charge in [-0.2, -0.15) is 0 Å². The van der Waals surface area contributed by atoms with E-state index in [0.717, 1.165) is 40.8 Å². The Balaban J connectivity index is 1.25. The normalized spacial score (nSPS) is 13.6. The van der Waals surface area contributed by atoms with Crippen molar-refractivity contribution < 1.29 is 4.79 Å². The molecule has 0 bridgehead atoms. The average Bonchev–Trinajstić information content (AvgIpc) is 3.37. The Kier molecular flexibility index (Phi) is 5.54. The summed E-state index contributed by atoms with van der Waals surface area (Å²) >= 11 is 3.33. The van der Waals surface area contributed by atoms with Gasteiger partial charge < -0.3 is 9.88 Å². The van der Waals surface area contributed by atoms with Crippen LogP contribution in [0.5, 0.6) is 0 Å². The summed E-state index contributed by atoms with van der Waals surface area (Å²) in [4.78, 5) is 24.9. The lowest BCUT2D eigenvalue weighted by Gasteiger charge is -2.12. The highest BCUT2D eigenvalue weighted by molar-refractivity contribution is 8.00. The molecule has 3 heterocycles. The van der Waals surface area contributed by atoms with E-state index in [1.807, 2.05) is 13.0 Å². The van der Waals surface area contributed by atoms with Gasteiger partial charge in [-0.25, -0.2) is 9.97 Å². The van der Waals surface area contributed by atoms with Gasteiger partial charge in [-0.3, -0.25) is 4.79 Å². The first-order valence-electron chi connectivity index (χ1n) is 11.8. The molecule has 3 aromatic heterocycles. The first-order chi connectivity index (χ1) is 16.6. The van der Waals surface area contributed by atoms with Crippen LogP contribution >= 0.6 is 23.1 Å². The monoisotopic (exact) mass is 486 g/mol. The van der Waals surface area contributed by atoms with Crippen LogP contribution in [0.2, 0.25) is 0 Å². The maximum Gasteiger partial charge on any atom is 0.234 e. The number of rotatable bonds is 5. The number of nitrogens with zero attached hydrogens (tertiary/aromatic N) is 3. The molecule has 0 spiro atoms. The first kappa shape index (κ1) is 21.6. The predicted molar refractivity (Wildman–Crippen MR) is 143 cm³/mol. The molecule has 0 fully saturated rings. The molecular formula is C27H26N4OS2. The van der Waals surface area contributed by atoms with Crippen molar-refractivity contribution in [3.05, 3.63) is 58.7 Å². The fourth-order valence-corrected chi connectivity index (χ4v) is 7.41. The number of aryl methyl sites for hydroxylation is 4. The number of hydrogen-bond acceptors (Lipinski definition) is 5. The van der Waals surface area contributed by atoms with Gasteiger partial charge in [0, 0.05) is 44.3 Å². The number of aromatic nitrogens is 3. The van der Waals surface area contributed by atoms with Crippen molar-refractivity contribution in [1.29, 1.82) is 0 Å². The van der Waals surface area contributed by atoms with Crippen LogP contribution in [0, 0.1) is 6.92 Å². The zero-order chi connectivity index (χ0) is 23.2. The Morgan fingerprint density at radius 1 is 1.09 bits per heavy atom. The predicted octanol–water partition coefficient (Wildman–Crippen LogP) is 6.74. The molecule has 0 unspecified atom stereocenters. The third kappa shape index (κ3) is 3.67. The highest BCUT2D eigenvalue weighted by atomic mass is 32.2. The summed E-state index contributed by atoms with van der Waals surface area (Å²) in [6, 6.07) is 14.6. The number of amides is 1. The SMILES string of the molecule is CCn1c2ccccc2c2cc(NC(=O)CSc3nc(C)nc4sc5c(c34)CCCC5)ccc21. The van der Waals surface area contributed by atoms with Gasteiger partial charge in [0.1, 0.15) is 15.7 Å². The van der Waals surface area contributed by atoms with Gasteiger partial charge in [-0.05, 0) is 69.4 Å². The van der Waals surface area contributed by atoms with Crippen LogP contribution in [0.4, 0.5) is 5.69 Å². The van der Waals surface area contributed by atoms with Crippen molar-refractivity contribution >= 4 is 66.7 Å². The van der Waals surface area contributed by atoms with Gasteiger partial charge >= 0.3 is 0 Å². The minimum absolute atomic E-state index is 0.0166. The van der Waals surface area contributed by atoms with Gasteiger partial charge in [-0.15, -0.1) is 11.3 Å². The molecule has 172 valence electrons. The molecule has 1 aliphatic rings. The van der Waals surface area contributed by atoms with Crippen LogP contribution in [0.15, 0.2) is 47.5 Å². The fraction of sp³-hybridized carbons (Fsp3) is 0.296. The maximum atomic E-state index is 12.9. The number of fused-ring (bicyclic) bond motifs is 6. The molecule has 0 radical (unpaired) electrons. The van der Waals surface area contributed by atoms with Crippen LogP contribution in [0.3, 0.4) is 0 Å². The average molecular weight is 487 g/mol. The number of hydrogen-bond donors (Lipinski definition) is 1. The van der Waals surface area contributed by atoms with Crippen LogP contribution < -0.4 is 5.32 Å². The Labute approximate surface area is 206 Å². The van der Waals surface area contributed by atoms with E-state index in [0.29, 0.717) is 5.75 Å². The van der Waals surface area contributed by atoms with E-state index < -0.39 is 0 Å². The maximum absolute atomic E-state index is 12.9. The Morgan fingerprint density at radius 3 is 2.79 bits per heavy atom. The number of carbonyl (C=O) groups is 1. The fourth-order valence-electron chi connectivity index (χ4n) is 5.13. The zero-order valence-electron chi connectivity index (χ0n) is 19.4. The molecule has 34 heavy (non-hydrogen) atoms. The molecule has 7 heteroatoms. The Hall–Kier alpha value is -2.90. The van der Waals surface area contributed by atoms with Gasteiger partial charge in [0.2, 0.25) is 5.91 Å². The van der Waals surface area contributed by atoms with E-state index in [1.54, 1.807) is 11.3 Å². The third-order valence-electron chi connectivity index (χ3n) is 6.61. The van der Waals surface area contributed by atoms with Crippen LogP contribution in [0.25, 0.3) is 32.0 Å². The molecule has 0 atom stereocenters. The zero-order valence-corrected chi connectivity index (χ0v) is 21.0. The van der Waals surface area contributed by atoms with Gasteiger partial charge in [0.05, 0.1) is 5.75 Å². The summed E-state index contributed by atoms with van der Waals surface area (Å²) in [6.07, 6.45) is 4.69. The highest BCUT2D eigenvalue weighted by Crippen LogP contribution is 2.39. The van der Waals surface area contributed by atoms with Crippen LogP contribution in [-0.2, 0) is 24.2 Å². The van der Waals surface area contributed by atoms with Crippen molar-refractivity contribution in [1.82, 2.24) is 14.5 Å². The van der Waals surface area contributed by atoms with Gasteiger partial charge in [-0.1, -0.05) is 30.0 Å². The lowest BCUT2D eigenvalue weighted by atomic mass is 9.97. The van der Waals surface area contributed by atoms with Crippen molar-refractivity contribution in [3.8, 4) is 0 Å². The van der Waals surface area contributed by atoms with E-state index >= 15 is 0 Å². The molecule has 5 aromatic rings. The number of anilines is 1. The molecule has 1 amide bonds. The second kappa shape index (κ2) is 8.71. The van der Waals surface area contributed by atoms with Crippen LogP contribution in [-0.4, -0.2) is 26.2 Å². The Morgan fingerprint density at radius 2 is 1.91 bits per heavy atom. The van der Waals surface area contributed by atoms with E-state index in [2.05, 4.69) is 53.2 Å². The van der Waals surface area contributed by atoms with E-state index in [-0.39, 0.29) is 5.91 Å². The van der Waals surface area contributed by atoms with E-state index in [9.17, 15) is 4.79 Å². The number of benzene rings is 2. The van der Waals surface area contributed by atoms with Crippen molar-refractivity contribution in [2.45, 2.75) is 51.1 Å². The number of thiophene rings is 1. The summed E-state index contributed by atoms with van der Waals surface area (Å²) < 4.78 is 2.32. The van der Waals surface area contributed by atoms with Crippen molar-refractivity contribution in [2.75, 3.05) is 11.1 Å². The molecule has 2 aromatic carbocycles. The lowest BCUT2D eigenvalue weighted by Crippen LogP contribution is -2.14. The Bertz CT molecular complexity index is 1570. The van der Waals surface area contributed by atoms with Crippen molar-refractivity contribution in [3.63, 3.8) is 0 Å². The van der Waals surface area contributed by atoms with Crippen molar-refractivity contribution in [2.24, 2.45) is 0 Å². The van der Waals surface area contributed by atoms with Gasteiger partial charge in [0.15, 0.2) is 0 Å². The molecule has 0 aliphatic heterocycles. The summed E-state index contributed by atoms with van der Waals surface area (Å²) in [5.74, 6) is 1.08. The quantitative estimate of drug-likeness (QED) is 0.221. The molecule has 1 aliphatic carbocycles. The summed E-state index contributed by atoms with van der Waals surface area (Å²) in [5.41, 5.74) is 4.65. The number of carbonyl (C=O) groups excluding carboxylic acids is 1. The van der Waals surface area contributed by atoms with Crippen LogP contribution in [0.1, 0.15) is 36.0 Å². The summed E-state index contributed by atoms with van der Waals surface area (Å²) in [7, 11) is 0. The second-order valence-electron chi connectivity index (χ2n) is 8.80. The first-order valence-corrected chi connectivity index (χ1v) is 13.6. The smallest absolute Gasteiger partial charge is 0.234 e. The molecule has 1 N–H and O–H groups in total. The van der Waals surface area contributed by atoms with E-state index in [1.165, 1.54) is 62.2 Å². The summed E-state index contributed by atoms with van der Waals surface area (Å²) in [6.45, 7) is 5.00. The second-order valence-corrected chi connectivity index (χ2v) is 10.8. The molecule has 0 saturated heterocycles. The molecule has 0 saturated carbocycles. The number of nitrogens with one attached hydrogen (secondary N) is 1. The molecule has 6 rings (SSSR count). The molecule has 5 nitrogen and oxygen atoms in total. The minimum atomic E-state index is -0.0166. The topological polar surface area (TPSA) is 59.8 Å². The summed E-state index contributed by atoms with van der Waals surface area (Å²) in [5, 5.41) is 7.61. The third-order valence-corrected chi connectivity index (χ3v) is 8.77.